The highest BCUT2D eigenvalue weighted by Crippen LogP contribution is 2.58. The second-order valence-electron chi connectivity index (χ2n) is 9.27. The van der Waals surface area contributed by atoms with E-state index in [1.807, 2.05) is 97.1 Å². The van der Waals surface area contributed by atoms with Crippen molar-refractivity contribution in [3.05, 3.63) is 144 Å². The molecule has 0 fully saturated rings. The van der Waals surface area contributed by atoms with Crippen LogP contribution in [0.2, 0.25) is 0 Å². The zero-order chi connectivity index (χ0) is 24.3. The molecule has 1 aliphatic rings. The standard InChI is InChI=1S/C32H22N2O2/c35-31(25-15-5-11-21-9-1-3-13-23(21)25)27-17-7-19-33-29(27)30-28(18-8-20-34-30)32(31,36)26-16-6-12-22-10-2-4-14-24(22)26/h1-20,35-36H/t31-,32-/m1/s1. The Hall–Kier alpha value is -4.38. The Bertz CT molecular complexity index is 1650. The fourth-order valence-corrected chi connectivity index (χ4v) is 5.92. The summed E-state index contributed by atoms with van der Waals surface area (Å²) in [5.74, 6) is 0. The molecule has 4 heteroatoms. The van der Waals surface area contributed by atoms with Crippen LogP contribution in [0.25, 0.3) is 32.9 Å². The molecule has 7 rings (SSSR count). The monoisotopic (exact) mass is 466 g/mol. The molecule has 0 aliphatic heterocycles. The van der Waals surface area contributed by atoms with Crippen LogP contribution >= 0.6 is 0 Å². The Kier molecular flexibility index (Phi) is 4.40. The van der Waals surface area contributed by atoms with Crippen LogP contribution in [0.4, 0.5) is 0 Å². The maximum absolute atomic E-state index is 13.2. The van der Waals surface area contributed by atoms with Gasteiger partial charge in [0, 0.05) is 23.5 Å². The van der Waals surface area contributed by atoms with Crippen LogP contribution in [0.1, 0.15) is 22.3 Å². The lowest BCUT2D eigenvalue weighted by molar-refractivity contribution is -0.113. The summed E-state index contributed by atoms with van der Waals surface area (Å²) in [6.07, 6.45) is 3.40. The predicted molar refractivity (Wildman–Crippen MR) is 141 cm³/mol. The van der Waals surface area contributed by atoms with Crippen LogP contribution in [-0.2, 0) is 11.2 Å². The summed E-state index contributed by atoms with van der Waals surface area (Å²) >= 11 is 0. The Balaban J connectivity index is 1.70. The van der Waals surface area contributed by atoms with E-state index < -0.39 is 11.2 Å². The highest BCUT2D eigenvalue weighted by Gasteiger charge is 2.60. The summed E-state index contributed by atoms with van der Waals surface area (Å²) in [5, 5.41) is 30.0. The molecule has 0 saturated heterocycles. The second-order valence-corrected chi connectivity index (χ2v) is 9.27. The van der Waals surface area contributed by atoms with Crippen molar-refractivity contribution in [3.8, 4) is 11.4 Å². The maximum atomic E-state index is 13.2. The number of aromatic nitrogens is 2. The van der Waals surface area contributed by atoms with Gasteiger partial charge >= 0.3 is 0 Å². The fraction of sp³-hybridized carbons (Fsp3) is 0.0625. The minimum atomic E-state index is -1.86. The summed E-state index contributed by atoms with van der Waals surface area (Å²) in [6, 6.07) is 34.8. The van der Waals surface area contributed by atoms with Gasteiger partial charge in [-0.25, -0.2) is 0 Å². The van der Waals surface area contributed by atoms with E-state index in [0.717, 1.165) is 21.5 Å². The van der Waals surface area contributed by atoms with Gasteiger partial charge in [0.05, 0.1) is 11.4 Å². The van der Waals surface area contributed by atoms with Gasteiger partial charge in [-0.3, -0.25) is 9.97 Å². The first-order chi connectivity index (χ1) is 17.6. The van der Waals surface area contributed by atoms with Crippen molar-refractivity contribution in [2.75, 3.05) is 0 Å². The summed E-state index contributed by atoms with van der Waals surface area (Å²) in [4.78, 5) is 9.30. The smallest absolute Gasteiger partial charge is 0.154 e. The summed E-state index contributed by atoms with van der Waals surface area (Å²) in [7, 11) is 0. The summed E-state index contributed by atoms with van der Waals surface area (Å²) in [5.41, 5.74) is -0.345. The van der Waals surface area contributed by atoms with Gasteiger partial charge in [0.25, 0.3) is 0 Å². The molecule has 2 N–H and O–H groups in total. The molecule has 0 amide bonds. The zero-order valence-corrected chi connectivity index (χ0v) is 19.3. The van der Waals surface area contributed by atoms with Crippen LogP contribution in [0.15, 0.2) is 122 Å². The minimum Gasteiger partial charge on any atom is -0.376 e. The van der Waals surface area contributed by atoms with E-state index in [1.54, 1.807) is 24.5 Å². The maximum Gasteiger partial charge on any atom is 0.154 e. The summed E-state index contributed by atoms with van der Waals surface area (Å²) in [6.45, 7) is 0. The first kappa shape index (κ1) is 20.9. The van der Waals surface area contributed by atoms with E-state index in [0.29, 0.717) is 33.6 Å². The SMILES string of the molecule is O[C@]1(c2cccc3ccccc23)c2cccnc2-c2ncccc2[C@]1(O)c1cccc2ccccc12. The first-order valence-electron chi connectivity index (χ1n) is 12.0. The average Bonchev–Trinajstić information content (AvgIpc) is 2.95. The van der Waals surface area contributed by atoms with E-state index in [2.05, 4.69) is 9.97 Å². The minimum absolute atomic E-state index is 0.517. The molecule has 172 valence electrons. The third-order valence-electron chi connectivity index (χ3n) is 7.50. The predicted octanol–water partition coefficient (Wildman–Crippen LogP) is 5.94. The van der Waals surface area contributed by atoms with Crippen molar-refractivity contribution in [2.24, 2.45) is 0 Å². The summed E-state index contributed by atoms with van der Waals surface area (Å²) < 4.78 is 0. The van der Waals surface area contributed by atoms with Gasteiger partial charge in [0.15, 0.2) is 11.2 Å². The number of fused-ring (bicyclic) bond motifs is 5. The highest BCUT2D eigenvalue weighted by molar-refractivity contribution is 5.92. The highest BCUT2D eigenvalue weighted by atomic mass is 16.4. The quantitative estimate of drug-likeness (QED) is 0.332. The van der Waals surface area contributed by atoms with Crippen LogP contribution in [-0.4, -0.2) is 20.2 Å². The van der Waals surface area contributed by atoms with Crippen molar-refractivity contribution in [1.82, 2.24) is 9.97 Å². The van der Waals surface area contributed by atoms with Crippen molar-refractivity contribution in [3.63, 3.8) is 0 Å². The number of aliphatic hydroxyl groups is 2. The Morgan fingerprint density at radius 1 is 0.417 bits per heavy atom. The van der Waals surface area contributed by atoms with Gasteiger partial charge in [-0.2, -0.15) is 0 Å². The van der Waals surface area contributed by atoms with Crippen LogP contribution < -0.4 is 0 Å². The molecular formula is C32H22N2O2. The molecule has 0 unspecified atom stereocenters. The van der Waals surface area contributed by atoms with E-state index in [1.165, 1.54) is 0 Å². The fourth-order valence-electron chi connectivity index (χ4n) is 5.92. The number of pyridine rings is 2. The second kappa shape index (κ2) is 7.56. The van der Waals surface area contributed by atoms with E-state index in [9.17, 15) is 10.2 Å². The number of benzene rings is 4. The Labute approximate surface area is 208 Å². The molecular weight excluding hydrogens is 444 g/mol. The molecule has 2 atom stereocenters. The molecule has 6 aromatic rings. The number of rotatable bonds is 2. The lowest BCUT2D eigenvalue weighted by Crippen LogP contribution is -2.54. The van der Waals surface area contributed by atoms with Gasteiger partial charge in [-0.15, -0.1) is 0 Å². The number of hydrogen-bond acceptors (Lipinski definition) is 4. The third kappa shape index (κ3) is 2.60. The molecule has 4 nitrogen and oxygen atoms in total. The van der Waals surface area contributed by atoms with Gasteiger partial charge in [-0.1, -0.05) is 97.1 Å². The molecule has 0 saturated carbocycles. The molecule has 1 aliphatic carbocycles. The number of nitrogens with zero attached hydrogens (tertiary/aromatic N) is 2. The Morgan fingerprint density at radius 3 is 1.28 bits per heavy atom. The normalized spacial score (nSPS) is 20.7. The van der Waals surface area contributed by atoms with Gasteiger partial charge in [0.2, 0.25) is 0 Å². The van der Waals surface area contributed by atoms with E-state index in [4.69, 9.17) is 0 Å². The van der Waals surface area contributed by atoms with Crippen molar-refractivity contribution >= 4 is 21.5 Å². The van der Waals surface area contributed by atoms with Gasteiger partial charge < -0.3 is 10.2 Å². The molecule has 2 heterocycles. The van der Waals surface area contributed by atoms with Crippen molar-refractivity contribution in [2.45, 2.75) is 11.2 Å². The Morgan fingerprint density at radius 2 is 0.806 bits per heavy atom. The average molecular weight is 467 g/mol. The van der Waals surface area contributed by atoms with Crippen LogP contribution in [0.5, 0.6) is 0 Å². The molecule has 0 radical (unpaired) electrons. The molecule has 36 heavy (non-hydrogen) atoms. The largest absolute Gasteiger partial charge is 0.376 e. The topological polar surface area (TPSA) is 66.2 Å². The zero-order valence-electron chi connectivity index (χ0n) is 19.3. The van der Waals surface area contributed by atoms with Crippen LogP contribution in [0.3, 0.4) is 0 Å². The molecule has 4 aromatic carbocycles. The van der Waals surface area contributed by atoms with Crippen molar-refractivity contribution in [1.29, 1.82) is 0 Å². The van der Waals surface area contributed by atoms with Crippen molar-refractivity contribution < 1.29 is 10.2 Å². The third-order valence-corrected chi connectivity index (χ3v) is 7.50. The lowest BCUT2D eigenvalue weighted by Gasteiger charge is -2.49. The number of hydrogen-bond donors (Lipinski definition) is 2. The first-order valence-corrected chi connectivity index (χ1v) is 12.0. The van der Waals surface area contributed by atoms with Gasteiger partial charge in [-0.05, 0) is 44.8 Å². The van der Waals surface area contributed by atoms with Crippen LogP contribution in [0, 0.1) is 0 Å². The van der Waals surface area contributed by atoms with Gasteiger partial charge in [0.1, 0.15) is 0 Å². The molecule has 0 bridgehead atoms. The van der Waals surface area contributed by atoms with E-state index in [-0.39, 0.29) is 0 Å². The molecule has 0 spiro atoms. The van der Waals surface area contributed by atoms with E-state index >= 15 is 0 Å². The molecule has 2 aromatic heterocycles. The lowest BCUT2D eigenvalue weighted by atomic mass is 9.61.